The van der Waals surface area contributed by atoms with Gasteiger partial charge in [-0.25, -0.2) is 17.7 Å². The molecule has 5 rings (SSSR count). The van der Waals surface area contributed by atoms with Gasteiger partial charge in [0.1, 0.15) is 11.5 Å². The molecule has 1 amide bonds. The number of non-ortho nitro benzene ring substituents is 1. The van der Waals surface area contributed by atoms with Gasteiger partial charge < -0.3 is 19.4 Å². The van der Waals surface area contributed by atoms with Crippen LogP contribution in [0, 0.1) is 10.1 Å². The molecule has 0 aliphatic carbocycles. The molecular weight excluding hydrogens is 729 g/mol. The number of amides is 1. The van der Waals surface area contributed by atoms with Crippen molar-refractivity contribution in [1.82, 2.24) is 4.72 Å². The maximum Gasteiger partial charge on any atom is 0.469 e. The molecule has 270 valence electrons. The minimum atomic E-state index is -4.85. The monoisotopic (exact) mass is 761 g/mol. The summed E-state index contributed by atoms with van der Waals surface area (Å²) in [6.07, 6.45) is 2.81. The molecule has 1 atom stereocenters. The average Bonchev–Trinajstić information content (AvgIpc) is 3.46. The van der Waals surface area contributed by atoms with Gasteiger partial charge in [0.2, 0.25) is 10.0 Å². The molecule has 1 aliphatic rings. The van der Waals surface area contributed by atoms with Crippen LogP contribution in [0.1, 0.15) is 22.6 Å². The molecular formula is C32H32N3O13PS2. The number of hydrogen-bond donors (Lipinski definition) is 3. The Hall–Kier alpha value is -4.52. The Labute approximate surface area is 292 Å². The lowest BCUT2D eigenvalue weighted by molar-refractivity contribution is -0.383. The number of sulfonamides is 1. The van der Waals surface area contributed by atoms with Crippen LogP contribution in [0.15, 0.2) is 89.8 Å². The van der Waals surface area contributed by atoms with Gasteiger partial charge in [-0.3, -0.25) is 23.6 Å². The molecule has 0 radical (unpaired) electrons. The first-order chi connectivity index (χ1) is 24.1. The summed E-state index contributed by atoms with van der Waals surface area (Å²) in [7, 11) is -11.8. The van der Waals surface area contributed by atoms with Crippen molar-refractivity contribution in [1.29, 1.82) is 0 Å². The van der Waals surface area contributed by atoms with Crippen molar-refractivity contribution in [3.8, 4) is 5.75 Å². The lowest BCUT2D eigenvalue weighted by Crippen LogP contribution is -2.29. The SMILES string of the molecule is COc1ccc(/C=C/C(=O)N2CC(COS(=O)(=O)Cc3ccccc3)c3c2cc([N+](=O)[O-])c2cc(S(=O)(=O)NCCOP(=O)(O)O)ccc32)cc1. The van der Waals surface area contributed by atoms with Crippen LogP contribution >= 0.6 is 7.82 Å². The largest absolute Gasteiger partial charge is 0.497 e. The van der Waals surface area contributed by atoms with Crippen molar-refractivity contribution < 1.29 is 54.3 Å². The van der Waals surface area contributed by atoms with Crippen LogP contribution in [-0.2, 0) is 44.0 Å². The van der Waals surface area contributed by atoms with Gasteiger partial charge in [0.25, 0.3) is 21.7 Å². The van der Waals surface area contributed by atoms with Crippen molar-refractivity contribution in [3.05, 3.63) is 112 Å². The van der Waals surface area contributed by atoms with Gasteiger partial charge in [-0.05, 0) is 52.4 Å². The number of anilines is 1. The Kier molecular flexibility index (Phi) is 11.4. The molecule has 51 heavy (non-hydrogen) atoms. The zero-order valence-corrected chi connectivity index (χ0v) is 29.3. The predicted molar refractivity (Wildman–Crippen MR) is 186 cm³/mol. The Morgan fingerprint density at radius 3 is 2.39 bits per heavy atom. The van der Waals surface area contributed by atoms with Gasteiger partial charge >= 0.3 is 7.82 Å². The van der Waals surface area contributed by atoms with Gasteiger partial charge in [-0.1, -0.05) is 48.5 Å². The number of phosphoric ester groups is 1. The van der Waals surface area contributed by atoms with Crippen molar-refractivity contribution in [2.75, 3.05) is 38.3 Å². The zero-order valence-electron chi connectivity index (χ0n) is 26.8. The van der Waals surface area contributed by atoms with E-state index in [1.54, 1.807) is 60.7 Å². The van der Waals surface area contributed by atoms with Crippen molar-refractivity contribution in [3.63, 3.8) is 0 Å². The Morgan fingerprint density at radius 2 is 1.75 bits per heavy atom. The predicted octanol–water partition coefficient (Wildman–Crippen LogP) is 3.83. The molecule has 19 heteroatoms. The molecule has 1 aliphatic heterocycles. The van der Waals surface area contributed by atoms with E-state index in [4.69, 9.17) is 18.7 Å². The minimum absolute atomic E-state index is 0.112. The lowest BCUT2D eigenvalue weighted by atomic mass is 9.94. The number of methoxy groups -OCH3 is 1. The number of carbonyl (C=O) groups is 1. The highest BCUT2D eigenvalue weighted by Crippen LogP contribution is 2.46. The maximum absolute atomic E-state index is 13.6. The van der Waals surface area contributed by atoms with Crippen molar-refractivity contribution in [2.45, 2.75) is 16.6 Å². The molecule has 1 heterocycles. The number of nitro benzene ring substituents is 1. The summed E-state index contributed by atoms with van der Waals surface area (Å²) in [5.41, 5.74) is 1.08. The number of phosphoric acid groups is 1. The molecule has 0 fully saturated rings. The molecule has 16 nitrogen and oxygen atoms in total. The van der Waals surface area contributed by atoms with Gasteiger partial charge in [0.15, 0.2) is 0 Å². The fourth-order valence-electron chi connectivity index (χ4n) is 5.52. The quantitative estimate of drug-likeness (QED) is 0.0391. The number of benzene rings is 4. The lowest BCUT2D eigenvalue weighted by Gasteiger charge is -2.16. The average molecular weight is 762 g/mol. The first-order valence-electron chi connectivity index (χ1n) is 15.1. The summed E-state index contributed by atoms with van der Waals surface area (Å²) >= 11 is 0. The molecule has 3 N–H and O–H groups in total. The number of ether oxygens (including phenoxy) is 1. The van der Waals surface area contributed by atoms with Gasteiger partial charge in [-0.2, -0.15) is 8.42 Å². The van der Waals surface area contributed by atoms with Crippen LogP contribution in [0.5, 0.6) is 5.75 Å². The number of hydrogen-bond acceptors (Lipinski definition) is 11. The van der Waals surface area contributed by atoms with E-state index in [9.17, 15) is 36.3 Å². The third-order valence-electron chi connectivity index (χ3n) is 7.80. The van der Waals surface area contributed by atoms with E-state index in [1.807, 2.05) is 0 Å². The fraction of sp³-hybridized carbons (Fsp3) is 0.219. The molecule has 0 aromatic heterocycles. The normalized spacial score (nSPS) is 15.0. The molecule has 1 unspecified atom stereocenters. The van der Waals surface area contributed by atoms with Gasteiger partial charge in [0.05, 0.1) is 41.2 Å². The van der Waals surface area contributed by atoms with Crippen LogP contribution in [0.4, 0.5) is 11.4 Å². The maximum atomic E-state index is 13.6. The van der Waals surface area contributed by atoms with Crippen LogP contribution in [-0.4, -0.2) is 70.9 Å². The van der Waals surface area contributed by atoms with Crippen LogP contribution in [0.25, 0.3) is 16.8 Å². The van der Waals surface area contributed by atoms with Crippen LogP contribution in [0.3, 0.4) is 0 Å². The molecule has 0 spiro atoms. The summed E-state index contributed by atoms with van der Waals surface area (Å²) in [6.45, 7) is -1.71. The zero-order chi connectivity index (χ0) is 37.0. The van der Waals surface area contributed by atoms with E-state index in [0.29, 0.717) is 22.4 Å². The fourth-order valence-corrected chi connectivity index (χ4v) is 7.94. The standard InChI is InChI=1S/C32H32N3O13PS2/c1-46-25-10-7-22(8-11-25)9-14-31(36)34-19-24(20-48-50(42,43)21-23-5-3-2-4-6-23)32-27-13-12-26(17-28(27)29(35(37)38)18-30(32)34)51(44,45)33-15-16-47-49(39,40)41/h2-14,17-18,24,33H,15-16,19-21H2,1H3,(H2,39,40,41)/b14-9+. The number of nitrogens with one attached hydrogen (secondary N) is 1. The minimum Gasteiger partial charge on any atom is -0.497 e. The van der Waals surface area contributed by atoms with Gasteiger partial charge in [0, 0.05) is 31.1 Å². The first kappa shape index (κ1) is 37.7. The highest BCUT2D eigenvalue weighted by Gasteiger charge is 2.37. The van der Waals surface area contributed by atoms with Gasteiger partial charge in [-0.15, -0.1) is 0 Å². The van der Waals surface area contributed by atoms with E-state index < -0.39 is 80.8 Å². The summed E-state index contributed by atoms with van der Waals surface area (Å²) in [5.74, 6) is -1.18. The van der Waals surface area contributed by atoms with E-state index in [1.165, 1.54) is 24.2 Å². The Morgan fingerprint density at radius 1 is 1.04 bits per heavy atom. The summed E-state index contributed by atoms with van der Waals surface area (Å²) in [6, 6.07) is 19.9. The van der Waals surface area contributed by atoms with Crippen molar-refractivity contribution >= 4 is 62.1 Å². The Balaban J connectivity index is 1.52. The smallest absolute Gasteiger partial charge is 0.469 e. The molecule has 0 saturated carbocycles. The second kappa shape index (κ2) is 15.4. The molecule has 4 aromatic rings. The number of nitrogens with zero attached hydrogens (tertiary/aromatic N) is 2. The second-order valence-corrected chi connectivity index (χ2v) is 15.9. The van der Waals surface area contributed by atoms with E-state index >= 15 is 0 Å². The number of rotatable bonds is 15. The van der Waals surface area contributed by atoms with Crippen LogP contribution < -0.4 is 14.4 Å². The number of nitro groups is 1. The summed E-state index contributed by atoms with van der Waals surface area (Å²) in [5, 5.41) is 12.4. The summed E-state index contributed by atoms with van der Waals surface area (Å²) < 4.78 is 79.9. The topological polar surface area (TPSA) is 229 Å². The third kappa shape index (κ3) is 9.43. The van der Waals surface area contributed by atoms with Crippen LogP contribution in [0.2, 0.25) is 0 Å². The van der Waals surface area contributed by atoms with Crippen molar-refractivity contribution in [2.24, 2.45) is 0 Å². The Bertz CT molecular complexity index is 2240. The molecule has 4 aromatic carbocycles. The second-order valence-electron chi connectivity index (χ2n) is 11.2. The highest BCUT2D eigenvalue weighted by atomic mass is 32.2. The third-order valence-corrected chi connectivity index (χ3v) is 11.0. The first-order valence-corrected chi connectivity index (χ1v) is 19.7. The molecule has 0 saturated heterocycles. The molecule has 0 bridgehead atoms. The van der Waals surface area contributed by atoms with E-state index in [-0.39, 0.29) is 23.0 Å². The number of fused-ring (bicyclic) bond motifs is 3. The van der Waals surface area contributed by atoms with E-state index in [0.717, 1.165) is 18.2 Å². The summed E-state index contributed by atoms with van der Waals surface area (Å²) in [4.78, 5) is 43.8. The van der Waals surface area contributed by atoms with E-state index in [2.05, 4.69) is 9.25 Å². The highest BCUT2D eigenvalue weighted by molar-refractivity contribution is 7.89. The number of carbonyl (C=O) groups excluding carboxylic acids is 1.